The minimum absolute atomic E-state index is 0.132. The van der Waals surface area contributed by atoms with Gasteiger partial charge in [-0.15, -0.1) is 0 Å². The third-order valence-corrected chi connectivity index (χ3v) is 5.55. The predicted octanol–water partition coefficient (Wildman–Crippen LogP) is 1.16. The van der Waals surface area contributed by atoms with E-state index in [0.717, 1.165) is 51.1 Å². The van der Waals surface area contributed by atoms with Crippen molar-refractivity contribution in [1.29, 1.82) is 0 Å². The number of hydrogen-bond donors (Lipinski definition) is 1. The van der Waals surface area contributed by atoms with Crippen molar-refractivity contribution >= 4 is 17.5 Å². The van der Waals surface area contributed by atoms with E-state index in [0.29, 0.717) is 5.56 Å². The van der Waals surface area contributed by atoms with E-state index in [2.05, 4.69) is 16.8 Å². The lowest BCUT2D eigenvalue weighted by Gasteiger charge is -2.34. The van der Waals surface area contributed by atoms with Crippen molar-refractivity contribution in [3.63, 3.8) is 0 Å². The molecule has 0 saturated carbocycles. The average Bonchev–Trinajstić information content (AvgIpc) is 3.10. The molecule has 2 atom stereocenters. The largest absolute Gasteiger partial charge is 0.369 e. The molecule has 0 bridgehead atoms. The number of nitrogens with two attached hydrogens (primary N) is 1. The van der Waals surface area contributed by atoms with Gasteiger partial charge in [-0.25, -0.2) is 0 Å². The Morgan fingerprint density at radius 1 is 1.12 bits per heavy atom. The van der Waals surface area contributed by atoms with Gasteiger partial charge < -0.3 is 20.4 Å². The van der Waals surface area contributed by atoms with Crippen LogP contribution in [0, 0.1) is 5.92 Å². The van der Waals surface area contributed by atoms with Crippen molar-refractivity contribution in [2.24, 2.45) is 11.7 Å². The zero-order valence-corrected chi connectivity index (χ0v) is 15.1. The van der Waals surface area contributed by atoms with E-state index in [4.69, 9.17) is 5.73 Å². The first-order valence-electron chi connectivity index (χ1n) is 9.05. The summed E-state index contributed by atoms with van der Waals surface area (Å²) >= 11 is 0. The summed E-state index contributed by atoms with van der Waals surface area (Å²) in [5.74, 6) is 0.00348. The second-order valence-corrected chi connectivity index (χ2v) is 7.35. The molecule has 136 valence electrons. The number of benzene rings is 1. The van der Waals surface area contributed by atoms with Gasteiger partial charge in [-0.1, -0.05) is 0 Å². The molecule has 3 rings (SSSR count). The van der Waals surface area contributed by atoms with Gasteiger partial charge in [-0.05, 0) is 57.1 Å². The number of carbonyl (C=O) groups excluding carboxylic acids is 2. The van der Waals surface area contributed by atoms with Gasteiger partial charge in [0.1, 0.15) is 0 Å². The molecule has 2 aliphatic heterocycles. The highest BCUT2D eigenvalue weighted by Gasteiger charge is 2.33. The number of hydrogen-bond acceptors (Lipinski definition) is 4. The Morgan fingerprint density at radius 3 is 2.48 bits per heavy atom. The molecule has 2 amide bonds. The molecule has 2 heterocycles. The lowest BCUT2D eigenvalue weighted by molar-refractivity contribution is -0.137. The summed E-state index contributed by atoms with van der Waals surface area (Å²) < 4.78 is 0. The molecule has 2 saturated heterocycles. The SMILES string of the molecule is CN1CCCC(C(=O)N(C)[C@@H]2CCN(c3ccc(C(N)=O)cc3)C2)C1. The summed E-state index contributed by atoms with van der Waals surface area (Å²) in [5.41, 5.74) is 6.89. The van der Waals surface area contributed by atoms with Crippen molar-refractivity contribution in [3.8, 4) is 0 Å². The molecule has 1 aromatic carbocycles. The Bertz CT molecular complexity index is 631. The summed E-state index contributed by atoms with van der Waals surface area (Å²) in [4.78, 5) is 30.5. The fourth-order valence-electron chi connectivity index (χ4n) is 3.96. The van der Waals surface area contributed by atoms with Crippen molar-refractivity contribution in [1.82, 2.24) is 9.80 Å². The minimum Gasteiger partial charge on any atom is -0.369 e. The molecule has 0 aliphatic carbocycles. The lowest BCUT2D eigenvalue weighted by Crippen LogP contribution is -2.46. The molecule has 2 aliphatic rings. The number of nitrogens with zero attached hydrogens (tertiary/aromatic N) is 3. The maximum Gasteiger partial charge on any atom is 0.248 e. The molecular weight excluding hydrogens is 316 g/mol. The van der Waals surface area contributed by atoms with Gasteiger partial charge in [0.2, 0.25) is 11.8 Å². The molecule has 0 spiro atoms. The van der Waals surface area contributed by atoms with E-state index in [1.54, 1.807) is 12.1 Å². The monoisotopic (exact) mass is 344 g/mol. The van der Waals surface area contributed by atoms with Gasteiger partial charge in [0.15, 0.2) is 0 Å². The number of amides is 2. The summed E-state index contributed by atoms with van der Waals surface area (Å²) in [7, 11) is 4.04. The molecule has 0 aromatic heterocycles. The van der Waals surface area contributed by atoms with Gasteiger partial charge in [-0.3, -0.25) is 9.59 Å². The maximum atomic E-state index is 12.8. The Kier molecular flexibility index (Phi) is 5.27. The van der Waals surface area contributed by atoms with Gasteiger partial charge >= 0.3 is 0 Å². The number of carbonyl (C=O) groups is 2. The predicted molar refractivity (Wildman–Crippen MR) is 98.6 cm³/mol. The molecule has 2 fully saturated rings. The van der Waals surface area contributed by atoms with Crippen molar-refractivity contribution < 1.29 is 9.59 Å². The van der Waals surface area contributed by atoms with E-state index >= 15 is 0 Å². The molecule has 1 aromatic rings. The first kappa shape index (κ1) is 17.7. The van der Waals surface area contributed by atoms with Crippen molar-refractivity contribution in [2.45, 2.75) is 25.3 Å². The van der Waals surface area contributed by atoms with Crippen LogP contribution >= 0.6 is 0 Å². The maximum absolute atomic E-state index is 12.8. The third-order valence-electron chi connectivity index (χ3n) is 5.55. The number of likely N-dealkylation sites (N-methyl/N-ethyl adjacent to an activating group) is 1. The van der Waals surface area contributed by atoms with Gasteiger partial charge in [0.05, 0.1) is 12.0 Å². The van der Waals surface area contributed by atoms with E-state index in [9.17, 15) is 9.59 Å². The van der Waals surface area contributed by atoms with E-state index < -0.39 is 5.91 Å². The Morgan fingerprint density at radius 2 is 1.84 bits per heavy atom. The van der Waals surface area contributed by atoms with Crippen LogP contribution in [0.25, 0.3) is 0 Å². The summed E-state index contributed by atoms with van der Waals surface area (Å²) in [6, 6.07) is 7.63. The van der Waals surface area contributed by atoms with Crippen LogP contribution in [0.1, 0.15) is 29.6 Å². The Balaban J connectivity index is 1.59. The molecule has 6 nitrogen and oxygen atoms in total. The molecule has 25 heavy (non-hydrogen) atoms. The molecule has 2 N–H and O–H groups in total. The smallest absolute Gasteiger partial charge is 0.248 e. The van der Waals surface area contributed by atoms with Crippen LogP contribution in [-0.2, 0) is 4.79 Å². The van der Waals surface area contributed by atoms with Gasteiger partial charge in [0.25, 0.3) is 0 Å². The topological polar surface area (TPSA) is 69.9 Å². The van der Waals surface area contributed by atoms with E-state index in [-0.39, 0.29) is 17.9 Å². The minimum atomic E-state index is -0.409. The lowest BCUT2D eigenvalue weighted by atomic mass is 9.96. The first-order valence-corrected chi connectivity index (χ1v) is 9.05. The number of rotatable bonds is 4. The fourth-order valence-corrected chi connectivity index (χ4v) is 3.96. The summed E-state index contributed by atoms with van der Waals surface area (Å²) in [6.45, 7) is 3.71. The zero-order chi connectivity index (χ0) is 18.0. The quantitative estimate of drug-likeness (QED) is 0.890. The van der Waals surface area contributed by atoms with Crippen LogP contribution in [0.15, 0.2) is 24.3 Å². The third kappa shape index (κ3) is 3.95. The highest BCUT2D eigenvalue weighted by molar-refractivity contribution is 5.93. The van der Waals surface area contributed by atoms with Crippen LogP contribution in [0.2, 0.25) is 0 Å². The molecular formula is C19H28N4O2. The normalized spacial score (nSPS) is 24.3. The highest BCUT2D eigenvalue weighted by Crippen LogP contribution is 2.25. The van der Waals surface area contributed by atoms with Crippen molar-refractivity contribution in [2.75, 3.05) is 45.2 Å². The number of likely N-dealkylation sites (tertiary alicyclic amines) is 1. The summed E-state index contributed by atoms with van der Waals surface area (Å²) in [6.07, 6.45) is 3.07. The first-order chi connectivity index (χ1) is 12.0. The average molecular weight is 344 g/mol. The second kappa shape index (κ2) is 7.44. The van der Waals surface area contributed by atoms with Crippen LogP contribution < -0.4 is 10.6 Å². The van der Waals surface area contributed by atoms with Crippen molar-refractivity contribution in [3.05, 3.63) is 29.8 Å². The van der Waals surface area contributed by atoms with Crippen LogP contribution in [0.4, 0.5) is 5.69 Å². The highest BCUT2D eigenvalue weighted by atomic mass is 16.2. The number of primary amides is 1. The van der Waals surface area contributed by atoms with Gasteiger partial charge in [-0.2, -0.15) is 0 Å². The van der Waals surface area contributed by atoms with Gasteiger partial charge in [0, 0.05) is 37.9 Å². The standard InChI is InChI=1S/C19H28N4O2/c1-21-10-3-4-15(12-21)19(25)22(2)17-9-11-23(13-17)16-7-5-14(6-8-16)18(20)24/h5-8,15,17H,3-4,9-13H2,1-2H3,(H2,20,24)/t15?,17-/m1/s1. The number of anilines is 1. The van der Waals surface area contributed by atoms with Crippen LogP contribution in [-0.4, -0.2) is 67.9 Å². The second-order valence-electron chi connectivity index (χ2n) is 7.35. The Hall–Kier alpha value is -2.08. The molecule has 0 radical (unpaired) electrons. The number of piperidine rings is 1. The van der Waals surface area contributed by atoms with E-state index in [1.165, 1.54) is 0 Å². The fraction of sp³-hybridized carbons (Fsp3) is 0.579. The molecule has 1 unspecified atom stereocenters. The zero-order valence-electron chi connectivity index (χ0n) is 15.1. The van der Waals surface area contributed by atoms with Crippen LogP contribution in [0.3, 0.4) is 0 Å². The van der Waals surface area contributed by atoms with E-state index in [1.807, 2.05) is 24.1 Å². The summed E-state index contributed by atoms with van der Waals surface area (Å²) in [5, 5.41) is 0. The molecule has 6 heteroatoms. The Labute approximate surface area is 149 Å². The van der Waals surface area contributed by atoms with Crippen LogP contribution in [0.5, 0.6) is 0 Å².